The molecule has 0 bridgehead atoms. The topological polar surface area (TPSA) is 83.5 Å². The molecule has 2 atom stereocenters. The molecule has 1 aromatic rings. The number of hydrogen-bond donors (Lipinski definition) is 2. The lowest BCUT2D eigenvalue weighted by molar-refractivity contribution is -0.134. The van der Waals surface area contributed by atoms with E-state index in [0.29, 0.717) is 25.7 Å². The van der Waals surface area contributed by atoms with E-state index in [0.717, 1.165) is 18.4 Å². The summed E-state index contributed by atoms with van der Waals surface area (Å²) in [7, 11) is -3.33. The first-order chi connectivity index (χ1) is 10.5. The number of amides is 1. The van der Waals surface area contributed by atoms with Crippen molar-refractivity contribution in [1.29, 1.82) is 0 Å². The van der Waals surface area contributed by atoms with E-state index in [-0.39, 0.29) is 5.75 Å². The van der Waals surface area contributed by atoms with Gasteiger partial charge in [-0.1, -0.05) is 43.2 Å². The Labute approximate surface area is 131 Å². The molecular formula is C16H23NO4S. The molecule has 6 heteroatoms. The van der Waals surface area contributed by atoms with Crippen LogP contribution in [0.3, 0.4) is 0 Å². The highest BCUT2D eigenvalue weighted by atomic mass is 32.2. The van der Waals surface area contributed by atoms with Gasteiger partial charge in [0.15, 0.2) is 9.84 Å². The van der Waals surface area contributed by atoms with E-state index in [4.69, 9.17) is 5.21 Å². The predicted octanol–water partition coefficient (Wildman–Crippen LogP) is 2.10. The Balaban J connectivity index is 1.97. The zero-order valence-corrected chi connectivity index (χ0v) is 13.4. The van der Waals surface area contributed by atoms with Crippen molar-refractivity contribution in [3.8, 4) is 0 Å². The minimum atomic E-state index is -3.33. The molecule has 0 saturated heterocycles. The highest BCUT2D eigenvalue weighted by Crippen LogP contribution is 2.30. The molecule has 0 heterocycles. The summed E-state index contributed by atoms with van der Waals surface area (Å²) >= 11 is 0. The molecule has 1 fully saturated rings. The summed E-state index contributed by atoms with van der Waals surface area (Å²) in [4.78, 5) is 11.7. The van der Waals surface area contributed by atoms with Crippen LogP contribution in [0.15, 0.2) is 30.3 Å². The number of nitrogens with one attached hydrogen (secondary N) is 1. The first-order valence-electron chi connectivity index (χ1n) is 7.74. The van der Waals surface area contributed by atoms with Gasteiger partial charge in [-0.05, 0) is 31.2 Å². The zero-order chi connectivity index (χ0) is 16.0. The van der Waals surface area contributed by atoms with Crippen molar-refractivity contribution in [3.63, 3.8) is 0 Å². The maximum Gasteiger partial charge on any atom is 0.247 e. The van der Waals surface area contributed by atoms with Crippen LogP contribution in [0.1, 0.15) is 37.7 Å². The number of carbonyl (C=O) groups excluding carboxylic acids is 1. The van der Waals surface area contributed by atoms with Crippen molar-refractivity contribution >= 4 is 15.7 Å². The van der Waals surface area contributed by atoms with Gasteiger partial charge in [0, 0.05) is 0 Å². The maximum absolute atomic E-state index is 12.5. The molecule has 5 nitrogen and oxygen atoms in total. The number of carbonyl (C=O) groups is 1. The van der Waals surface area contributed by atoms with Crippen LogP contribution in [0.5, 0.6) is 0 Å². The maximum atomic E-state index is 12.5. The van der Waals surface area contributed by atoms with E-state index in [1.54, 1.807) is 5.48 Å². The quantitative estimate of drug-likeness (QED) is 0.620. The van der Waals surface area contributed by atoms with Gasteiger partial charge >= 0.3 is 0 Å². The second kappa shape index (κ2) is 7.74. The first-order valence-corrected chi connectivity index (χ1v) is 9.45. The highest BCUT2D eigenvalue weighted by Gasteiger charge is 2.38. The van der Waals surface area contributed by atoms with Crippen molar-refractivity contribution in [2.24, 2.45) is 5.92 Å². The van der Waals surface area contributed by atoms with Crippen LogP contribution in [0.2, 0.25) is 0 Å². The molecule has 2 rings (SSSR count). The number of aryl methyl sites for hydroxylation is 1. The molecular weight excluding hydrogens is 302 g/mol. The van der Waals surface area contributed by atoms with Crippen molar-refractivity contribution in [2.45, 2.75) is 43.8 Å². The monoisotopic (exact) mass is 325 g/mol. The summed E-state index contributed by atoms with van der Waals surface area (Å²) in [6.45, 7) is 0. The second-order valence-corrected chi connectivity index (χ2v) is 8.20. The average molecular weight is 325 g/mol. The number of sulfone groups is 1. The van der Waals surface area contributed by atoms with Crippen LogP contribution >= 0.6 is 0 Å². The van der Waals surface area contributed by atoms with Crippen LogP contribution in [-0.4, -0.2) is 30.5 Å². The van der Waals surface area contributed by atoms with Crippen LogP contribution < -0.4 is 5.48 Å². The lowest BCUT2D eigenvalue weighted by atomic mass is 9.88. The van der Waals surface area contributed by atoms with Gasteiger partial charge in [-0.15, -0.1) is 0 Å². The number of benzene rings is 1. The normalized spacial score (nSPS) is 22.2. The molecule has 2 unspecified atom stereocenters. The number of hydroxylamine groups is 1. The Morgan fingerprint density at radius 2 is 1.86 bits per heavy atom. The summed E-state index contributed by atoms with van der Waals surface area (Å²) in [6, 6.07) is 9.77. The second-order valence-electron chi connectivity index (χ2n) is 5.86. The molecule has 1 aliphatic carbocycles. The zero-order valence-electron chi connectivity index (χ0n) is 12.6. The third-order valence-corrected chi connectivity index (χ3v) is 6.69. The Morgan fingerprint density at radius 3 is 2.55 bits per heavy atom. The molecule has 1 aliphatic rings. The Morgan fingerprint density at radius 1 is 1.18 bits per heavy atom. The van der Waals surface area contributed by atoms with Crippen LogP contribution in [0, 0.1) is 5.92 Å². The van der Waals surface area contributed by atoms with E-state index in [1.165, 1.54) is 0 Å². The smallest absolute Gasteiger partial charge is 0.247 e. The van der Waals surface area contributed by atoms with E-state index in [1.807, 2.05) is 30.3 Å². The van der Waals surface area contributed by atoms with E-state index < -0.39 is 26.9 Å². The summed E-state index contributed by atoms with van der Waals surface area (Å²) in [5.41, 5.74) is 2.73. The number of rotatable bonds is 6. The lowest BCUT2D eigenvalue weighted by Gasteiger charge is -2.29. The molecule has 1 aromatic carbocycles. The van der Waals surface area contributed by atoms with Gasteiger partial charge in [0.1, 0.15) is 0 Å². The SMILES string of the molecule is O=C(NO)C1CCCCC1S(=O)(=O)CCCc1ccccc1. The summed E-state index contributed by atoms with van der Waals surface area (Å²) < 4.78 is 25.1. The standard InChI is InChI=1S/C16H23NO4S/c18-16(17-19)14-10-4-5-11-15(14)22(20,21)12-6-9-13-7-2-1-3-8-13/h1-3,7-8,14-15,19H,4-6,9-12H2,(H,17,18). The molecule has 0 aliphatic heterocycles. The van der Waals surface area contributed by atoms with Gasteiger partial charge in [-0.3, -0.25) is 10.0 Å². The largest absolute Gasteiger partial charge is 0.289 e. The molecule has 0 radical (unpaired) electrons. The van der Waals surface area contributed by atoms with Crippen molar-refractivity contribution < 1.29 is 18.4 Å². The average Bonchev–Trinajstić information content (AvgIpc) is 2.55. The summed E-state index contributed by atoms with van der Waals surface area (Å²) in [6.07, 6.45) is 3.94. The van der Waals surface area contributed by atoms with Gasteiger partial charge in [-0.2, -0.15) is 0 Å². The van der Waals surface area contributed by atoms with Crippen LogP contribution in [0.25, 0.3) is 0 Å². The lowest BCUT2D eigenvalue weighted by Crippen LogP contribution is -2.43. The van der Waals surface area contributed by atoms with Gasteiger partial charge in [-0.25, -0.2) is 13.9 Å². The highest BCUT2D eigenvalue weighted by molar-refractivity contribution is 7.92. The van der Waals surface area contributed by atoms with E-state index in [2.05, 4.69) is 0 Å². The van der Waals surface area contributed by atoms with Crippen LogP contribution in [0.4, 0.5) is 0 Å². The van der Waals surface area contributed by atoms with Crippen LogP contribution in [-0.2, 0) is 21.1 Å². The van der Waals surface area contributed by atoms with Gasteiger partial charge in [0.25, 0.3) is 0 Å². The Bertz CT molecular complexity index is 585. The summed E-state index contributed by atoms with van der Waals surface area (Å²) in [5, 5.41) is 8.14. The molecule has 22 heavy (non-hydrogen) atoms. The van der Waals surface area contributed by atoms with Crippen molar-refractivity contribution in [3.05, 3.63) is 35.9 Å². The Kier molecular flexibility index (Phi) is 5.97. The fourth-order valence-corrected chi connectivity index (χ4v) is 5.32. The molecule has 0 spiro atoms. The molecule has 1 saturated carbocycles. The van der Waals surface area contributed by atoms with Crippen molar-refractivity contribution in [1.82, 2.24) is 5.48 Å². The van der Waals surface area contributed by atoms with E-state index >= 15 is 0 Å². The summed E-state index contributed by atoms with van der Waals surface area (Å²) in [5.74, 6) is -1.11. The van der Waals surface area contributed by atoms with Gasteiger partial charge in [0.05, 0.1) is 16.9 Å². The molecule has 2 N–H and O–H groups in total. The molecule has 0 aromatic heterocycles. The molecule has 1 amide bonds. The Hall–Kier alpha value is -1.40. The minimum Gasteiger partial charge on any atom is -0.289 e. The fraction of sp³-hybridized carbons (Fsp3) is 0.562. The van der Waals surface area contributed by atoms with E-state index in [9.17, 15) is 13.2 Å². The third kappa shape index (κ3) is 4.30. The van der Waals surface area contributed by atoms with Gasteiger partial charge < -0.3 is 0 Å². The van der Waals surface area contributed by atoms with Gasteiger partial charge in [0.2, 0.25) is 5.91 Å². The first kappa shape index (κ1) is 17.0. The minimum absolute atomic E-state index is 0.0851. The molecule has 122 valence electrons. The third-order valence-electron chi connectivity index (χ3n) is 4.35. The fourth-order valence-electron chi connectivity index (χ4n) is 3.18. The predicted molar refractivity (Wildman–Crippen MR) is 84.2 cm³/mol. The number of hydrogen-bond acceptors (Lipinski definition) is 4. The van der Waals surface area contributed by atoms with Crippen molar-refractivity contribution in [2.75, 3.05) is 5.75 Å².